The van der Waals surface area contributed by atoms with Gasteiger partial charge >= 0.3 is 0 Å². The molecule has 15 heavy (non-hydrogen) atoms. The molecule has 0 aliphatic rings. The maximum atomic E-state index is 11.1. The first-order valence-electron chi connectivity index (χ1n) is 4.74. The van der Waals surface area contributed by atoms with Crippen LogP contribution in [0.25, 0.3) is 0 Å². The number of carbonyl (C=O) groups excluding carboxylic acids is 1. The molecule has 0 aliphatic heterocycles. The van der Waals surface area contributed by atoms with Crippen molar-refractivity contribution in [3.05, 3.63) is 24.4 Å². The zero-order valence-corrected chi connectivity index (χ0v) is 9.17. The van der Waals surface area contributed by atoms with E-state index in [4.69, 9.17) is 5.11 Å². The van der Waals surface area contributed by atoms with E-state index in [1.165, 1.54) is 0 Å². The third-order valence-corrected chi connectivity index (χ3v) is 2.60. The predicted octanol–water partition coefficient (Wildman–Crippen LogP) is 0.672. The molecule has 0 bridgehead atoms. The number of nitrogens with one attached hydrogen (secondary N) is 1. The molecular weight excluding hydrogens is 212 g/mol. The van der Waals surface area contributed by atoms with Crippen molar-refractivity contribution in [2.45, 2.75) is 11.4 Å². The van der Waals surface area contributed by atoms with Gasteiger partial charge in [-0.1, -0.05) is 6.07 Å². The van der Waals surface area contributed by atoms with Gasteiger partial charge in [-0.05, 0) is 12.1 Å². The lowest BCUT2D eigenvalue weighted by molar-refractivity contribution is -0.120. The second kappa shape index (κ2) is 7.25. The van der Waals surface area contributed by atoms with Gasteiger partial charge in [0.25, 0.3) is 0 Å². The van der Waals surface area contributed by atoms with Crippen LogP contribution in [0.5, 0.6) is 0 Å². The molecule has 0 spiro atoms. The van der Waals surface area contributed by atoms with Crippen LogP contribution in [0.1, 0.15) is 6.42 Å². The number of rotatable bonds is 6. The number of aromatic nitrogens is 1. The van der Waals surface area contributed by atoms with E-state index in [-0.39, 0.29) is 12.5 Å². The van der Waals surface area contributed by atoms with Gasteiger partial charge in [0, 0.05) is 24.9 Å². The fraction of sp³-hybridized carbons (Fsp3) is 0.400. The van der Waals surface area contributed by atoms with Crippen molar-refractivity contribution in [3.8, 4) is 0 Å². The van der Waals surface area contributed by atoms with Crippen molar-refractivity contribution < 1.29 is 9.90 Å². The summed E-state index contributed by atoms with van der Waals surface area (Å²) in [6.45, 7) is 0.312. The molecule has 0 atom stereocenters. The largest absolute Gasteiger partial charge is 0.395 e. The molecule has 0 aliphatic carbocycles. The fourth-order valence-electron chi connectivity index (χ4n) is 0.964. The Labute approximate surface area is 93.1 Å². The molecule has 1 amide bonds. The molecule has 82 valence electrons. The summed E-state index contributed by atoms with van der Waals surface area (Å²) in [6, 6.07) is 5.69. The molecule has 4 nitrogen and oxygen atoms in total. The average Bonchev–Trinajstić information content (AvgIpc) is 2.28. The number of carbonyl (C=O) groups is 1. The monoisotopic (exact) mass is 226 g/mol. The van der Waals surface area contributed by atoms with Crippen LogP contribution < -0.4 is 5.32 Å². The lowest BCUT2D eigenvalue weighted by Gasteiger charge is -2.02. The lowest BCUT2D eigenvalue weighted by atomic mass is 10.4. The minimum atomic E-state index is -0.0347. The normalized spacial score (nSPS) is 9.93. The zero-order chi connectivity index (χ0) is 10.9. The Bertz CT molecular complexity index is 293. The number of pyridine rings is 1. The van der Waals surface area contributed by atoms with Gasteiger partial charge in [0.1, 0.15) is 0 Å². The van der Waals surface area contributed by atoms with Crippen LogP contribution in [0.3, 0.4) is 0 Å². The average molecular weight is 226 g/mol. The third-order valence-electron chi connectivity index (χ3n) is 1.65. The van der Waals surface area contributed by atoms with Crippen LogP contribution in [0.2, 0.25) is 0 Å². The summed E-state index contributed by atoms with van der Waals surface area (Å²) in [6.07, 6.45) is 2.18. The van der Waals surface area contributed by atoms with E-state index in [0.29, 0.717) is 18.7 Å². The number of nitrogens with zero attached hydrogens (tertiary/aromatic N) is 1. The highest BCUT2D eigenvalue weighted by Gasteiger charge is 2.00. The lowest BCUT2D eigenvalue weighted by Crippen LogP contribution is -2.26. The van der Waals surface area contributed by atoms with Crippen molar-refractivity contribution >= 4 is 17.7 Å². The van der Waals surface area contributed by atoms with Crippen LogP contribution in [0.15, 0.2) is 29.4 Å². The maximum absolute atomic E-state index is 11.1. The number of hydrogen-bond donors (Lipinski definition) is 2. The first-order valence-corrected chi connectivity index (χ1v) is 5.73. The van der Waals surface area contributed by atoms with Crippen LogP contribution >= 0.6 is 11.8 Å². The molecule has 0 saturated carbocycles. The van der Waals surface area contributed by atoms with Gasteiger partial charge < -0.3 is 10.4 Å². The van der Waals surface area contributed by atoms with E-state index in [2.05, 4.69) is 10.3 Å². The Morgan fingerprint density at radius 2 is 2.40 bits per heavy atom. The summed E-state index contributed by atoms with van der Waals surface area (Å²) in [7, 11) is 0. The molecule has 0 fully saturated rings. The first-order chi connectivity index (χ1) is 7.33. The van der Waals surface area contributed by atoms with Crippen molar-refractivity contribution in [2.75, 3.05) is 18.9 Å². The molecule has 1 rings (SSSR count). The standard InChI is InChI=1S/C10H14N2O2S/c13-7-6-11-9(14)4-8-15-10-3-1-2-5-12-10/h1-3,5,13H,4,6-8H2,(H,11,14). The van der Waals surface area contributed by atoms with E-state index in [9.17, 15) is 4.79 Å². The topological polar surface area (TPSA) is 62.2 Å². The van der Waals surface area contributed by atoms with Crippen molar-refractivity contribution in [2.24, 2.45) is 0 Å². The molecule has 5 heteroatoms. The van der Waals surface area contributed by atoms with Crippen LogP contribution in [-0.4, -0.2) is 34.9 Å². The van der Waals surface area contributed by atoms with E-state index in [1.54, 1.807) is 18.0 Å². The fourth-order valence-corrected chi connectivity index (χ4v) is 1.77. The summed E-state index contributed by atoms with van der Waals surface area (Å²) in [5.74, 6) is 0.668. The molecule has 0 aromatic carbocycles. The highest BCUT2D eigenvalue weighted by Crippen LogP contribution is 2.14. The SMILES string of the molecule is O=C(CCSc1ccccn1)NCCO. The molecule has 0 unspecified atom stereocenters. The Kier molecular flexibility index (Phi) is 5.80. The van der Waals surface area contributed by atoms with Crippen molar-refractivity contribution in [1.82, 2.24) is 10.3 Å². The van der Waals surface area contributed by atoms with Gasteiger partial charge in [-0.2, -0.15) is 0 Å². The van der Waals surface area contributed by atoms with Crippen LogP contribution in [-0.2, 0) is 4.79 Å². The number of hydrogen-bond acceptors (Lipinski definition) is 4. The zero-order valence-electron chi connectivity index (χ0n) is 8.35. The van der Waals surface area contributed by atoms with Crippen molar-refractivity contribution in [1.29, 1.82) is 0 Å². The molecule has 0 saturated heterocycles. The maximum Gasteiger partial charge on any atom is 0.220 e. The Hall–Kier alpha value is -1.07. The molecule has 2 N–H and O–H groups in total. The molecule has 1 aromatic heterocycles. The number of thioether (sulfide) groups is 1. The van der Waals surface area contributed by atoms with E-state index in [1.807, 2.05) is 18.2 Å². The molecule has 1 heterocycles. The molecular formula is C10H14N2O2S. The van der Waals surface area contributed by atoms with E-state index in [0.717, 1.165) is 5.03 Å². The highest BCUT2D eigenvalue weighted by atomic mass is 32.2. The van der Waals surface area contributed by atoms with E-state index >= 15 is 0 Å². The number of amides is 1. The van der Waals surface area contributed by atoms with E-state index < -0.39 is 0 Å². The smallest absolute Gasteiger partial charge is 0.220 e. The Morgan fingerprint density at radius 1 is 1.53 bits per heavy atom. The minimum absolute atomic E-state index is 0.0148. The minimum Gasteiger partial charge on any atom is -0.395 e. The van der Waals surface area contributed by atoms with Crippen LogP contribution in [0.4, 0.5) is 0 Å². The molecule has 0 radical (unpaired) electrons. The number of aliphatic hydroxyl groups is 1. The van der Waals surface area contributed by atoms with Gasteiger partial charge in [0.15, 0.2) is 0 Å². The summed E-state index contributed by atoms with van der Waals surface area (Å²) < 4.78 is 0. The predicted molar refractivity (Wildman–Crippen MR) is 59.7 cm³/mol. The van der Waals surface area contributed by atoms with Gasteiger partial charge in [-0.15, -0.1) is 11.8 Å². The Morgan fingerprint density at radius 3 is 3.07 bits per heavy atom. The molecule has 1 aromatic rings. The quantitative estimate of drug-likeness (QED) is 0.700. The highest BCUT2D eigenvalue weighted by molar-refractivity contribution is 7.99. The van der Waals surface area contributed by atoms with Crippen molar-refractivity contribution in [3.63, 3.8) is 0 Å². The summed E-state index contributed by atoms with van der Waals surface area (Å²) in [5.41, 5.74) is 0. The first kappa shape index (κ1) is 12.0. The van der Waals surface area contributed by atoms with Crippen LogP contribution in [0, 0.1) is 0 Å². The Balaban J connectivity index is 2.14. The number of aliphatic hydroxyl groups excluding tert-OH is 1. The second-order valence-electron chi connectivity index (χ2n) is 2.84. The summed E-state index contributed by atoms with van der Waals surface area (Å²) >= 11 is 1.55. The summed E-state index contributed by atoms with van der Waals surface area (Å²) in [5, 5.41) is 12.0. The third kappa shape index (κ3) is 5.39. The van der Waals surface area contributed by atoms with Gasteiger partial charge in [-0.25, -0.2) is 4.98 Å². The van der Waals surface area contributed by atoms with Gasteiger partial charge in [0.05, 0.1) is 11.6 Å². The van der Waals surface area contributed by atoms with Gasteiger partial charge in [-0.3, -0.25) is 4.79 Å². The second-order valence-corrected chi connectivity index (χ2v) is 3.96. The van der Waals surface area contributed by atoms with Gasteiger partial charge in [0.2, 0.25) is 5.91 Å². The summed E-state index contributed by atoms with van der Waals surface area (Å²) in [4.78, 5) is 15.3.